The summed E-state index contributed by atoms with van der Waals surface area (Å²) in [4.78, 5) is 58.0. The van der Waals surface area contributed by atoms with Gasteiger partial charge in [0.1, 0.15) is 34.5 Å². The predicted molar refractivity (Wildman–Crippen MR) is 353 cm³/mol. The zero-order chi connectivity index (χ0) is 60.0. The van der Waals surface area contributed by atoms with Gasteiger partial charge in [0.25, 0.3) is 0 Å². The van der Waals surface area contributed by atoms with Crippen molar-refractivity contribution in [2.45, 2.75) is 137 Å². The van der Waals surface area contributed by atoms with Gasteiger partial charge in [-0.3, -0.25) is 15.0 Å². The molecule has 6 aromatic rings. The number of hydrogen-bond acceptors (Lipinski definition) is 18. The molecule has 3 fully saturated rings. The number of piperidine rings is 3. The molecule has 0 aliphatic carbocycles. The van der Waals surface area contributed by atoms with E-state index in [0.29, 0.717) is 37.4 Å². The third-order valence-electron chi connectivity index (χ3n) is 21.0. The van der Waals surface area contributed by atoms with E-state index in [9.17, 15) is 0 Å². The number of nitrogens with two attached hydrogens (primary N) is 3. The molecule has 3 saturated heterocycles. The lowest BCUT2D eigenvalue weighted by molar-refractivity contribution is 0.257. The van der Waals surface area contributed by atoms with Gasteiger partial charge in [-0.1, -0.05) is 96.1 Å². The summed E-state index contributed by atoms with van der Waals surface area (Å²) in [5.41, 5.74) is 32.5. The molecule has 1 unspecified atom stereocenters. The maximum absolute atomic E-state index is 5.96. The highest BCUT2D eigenvalue weighted by molar-refractivity contribution is 6.13. The van der Waals surface area contributed by atoms with Gasteiger partial charge in [0.2, 0.25) is 0 Å². The number of rotatable bonds is 6. The number of aromatic nitrogens is 6. The van der Waals surface area contributed by atoms with Crippen LogP contribution in [0, 0.1) is 16.2 Å². The van der Waals surface area contributed by atoms with Gasteiger partial charge in [0.15, 0.2) is 17.5 Å². The van der Waals surface area contributed by atoms with Crippen LogP contribution in [0.2, 0.25) is 0 Å². The normalized spacial score (nSPS) is 22.9. The molecule has 0 bridgehead atoms. The third kappa shape index (κ3) is 11.6. The molecule has 6 N–H and O–H groups in total. The first-order valence-corrected chi connectivity index (χ1v) is 32.4. The second-order valence-corrected chi connectivity index (χ2v) is 27.2. The van der Waals surface area contributed by atoms with E-state index in [1.807, 2.05) is 18.6 Å². The molecule has 0 spiro atoms. The Morgan fingerprint density at radius 3 is 0.920 bits per heavy atom. The lowest BCUT2D eigenvalue weighted by atomic mass is 9.80. The zero-order valence-electron chi connectivity index (χ0n) is 52.3. The van der Waals surface area contributed by atoms with Gasteiger partial charge in [-0.15, -0.1) is 0 Å². The topological polar surface area (TPSA) is 212 Å². The summed E-state index contributed by atoms with van der Waals surface area (Å²) in [6, 6.07) is 26.0. The average Bonchev–Trinajstić information content (AvgIpc) is 2.91. The summed E-state index contributed by atoms with van der Waals surface area (Å²) in [6.07, 6.45) is 15.8. The van der Waals surface area contributed by atoms with E-state index in [-0.39, 0.29) is 16.2 Å². The van der Waals surface area contributed by atoms with Crippen LogP contribution < -0.4 is 46.6 Å². The zero-order valence-corrected chi connectivity index (χ0v) is 52.3. The minimum absolute atomic E-state index is 0.260. The Morgan fingerprint density at radius 1 is 0.391 bits per heavy atom. The van der Waals surface area contributed by atoms with Crippen molar-refractivity contribution in [3.8, 4) is 0 Å². The van der Waals surface area contributed by atoms with E-state index < -0.39 is 0 Å². The fourth-order valence-electron chi connectivity index (χ4n) is 14.3. The van der Waals surface area contributed by atoms with E-state index in [2.05, 4.69) is 144 Å². The maximum Gasteiger partial charge on any atom is 0.156 e. The van der Waals surface area contributed by atoms with Crippen LogP contribution in [0.3, 0.4) is 0 Å². The molecule has 0 saturated carbocycles. The van der Waals surface area contributed by atoms with Gasteiger partial charge >= 0.3 is 0 Å². The molecule has 456 valence electrons. The van der Waals surface area contributed by atoms with Crippen molar-refractivity contribution in [1.82, 2.24) is 29.9 Å². The maximum atomic E-state index is 5.96. The second kappa shape index (κ2) is 24.3. The Bertz CT molecular complexity index is 3200. The minimum Gasteiger partial charge on any atom is -0.355 e. The molecular formula is C69H90N18. The van der Waals surface area contributed by atoms with Crippen LogP contribution in [0.15, 0.2) is 106 Å². The smallest absolute Gasteiger partial charge is 0.156 e. The first-order chi connectivity index (χ1) is 42.2. The van der Waals surface area contributed by atoms with Crippen LogP contribution in [0.5, 0.6) is 0 Å². The largest absolute Gasteiger partial charge is 0.355 e. The predicted octanol–water partition coefficient (Wildman–Crippen LogP) is 9.95. The Kier molecular flexibility index (Phi) is 16.4. The molecule has 3 aromatic heterocycles. The molecule has 87 heavy (non-hydrogen) atoms. The van der Waals surface area contributed by atoms with E-state index >= 15 is 0 Å². The summed E-state index contributed by atoms with van der Waals surface area (Å²) in [7, 11) is 0. The molecule has 3 atom stereocenters. The summed E-state index contributed by atoms with van der Waals surface area (Å²) in [5.74, 6) is 7.61. The fourth-order valence-corrected chi connectivity index (χ4v) is 14.3. The molecule has 9 aliphatic heterocycles. The van der Waals surface area contributed by atoms with Crippen LogP contribution in [-0.2, 0) is 19.6 Å². The molecule has 9 aliphatic rings. The van der Waals surface area contributed by atoms with Gasteiger partial charge < -0.3 is 46.6 Å². The summed E-state index contributed by atoms with van der Waals surface area (Å²) < 4.78 is 0. The number of hydrogen-bond donors (Lipinski definition) is 3. The third-order valence-corrected chi connectivity index (χ3v) is 21.0. The SMILES string of the molecule is CC1CCN(C2=NCc3nc(N4CCC(C)(CN)CC4)cnc32)c2ccccc21.C[C@@H]1CCN(C2=NCc3nc(N4CCC(C)(CN)CC4)cnc32)c2ccccc21.C[C@H]1CCN(C2=NCc3nc(N4CCC(C)(CN)CC4)cnc32)c2ccccc21. The monoisotopic (exact) mass is 1170 g/mol. The van der Waals surface area contributed by atoms with Gasteiger partial charge in [0.05, 0.1) is 55.3 Å². The van der Waals surface area contributed by atoms with Crippen molar-refractivity contribution < 1.29 is 0 Å². The first-order valence-electron chi connectivity index (χ1n) is 32.4. The molecular weight excluding hydrogens is 1080 g/mol. The number of amidine groups is 3. The molecule has 18 heteroatoms. The highest BCUT2D eigenvalue weighted by Crippen LogP contribution is 2.42. The van der Waals surface area contributed by atoms with Crippen molar-refractivity contribution in [1.29, 1.82) is 0 Å². The summed E-state index contributed by atoms with van der Waals surface area (Å²) in [6.45, 7) is 26.8. The Labute approximate surface area is 514 Å². The first kappa shape index (κ1) is 58.6. The molecule has 0 amide bonds. The summed E-state index contributed by atoms with van der Waals surface area (Å²) >= 11 is 0. The van der Waals surface area contributed by atoms with E-state index in [1.54, 1.807) is 0 Å². The highest BCUT2D eigenvalue weighted by atomic mass is 15.3. The molecule has 0 radical (unpaired) electrons. The van der Waals surface area contributed by atoms with Crippen molar-refractivity contribution in [3.63, 3.8) is 0 Å². The van der Waals surface area contributed by atoms with E-state index in [1.165, 1.54) is 33.8 Å². The average molecular weight is 1170 g/mol. The van der Waals surface area contributed by atoms with Crippen LogP contribution in [0.25, 0.3) is 0 Å². The van der Waals surface area contributed by atoms with Gasteiger partial charge in [0, 0.05) is 76.0 Å². The van der Waals surface area contributed by atoms with E-state index in [4.69, 9.17) is 62.1 Å². The van der Waals surface area contributed by atoms with Crippen LogP contribution >= 0.6 is 0 Å². The lowest BCUT2D eigenvalue weighted by Crippen LogP contribution is -2.42. The van der Waals surface area contributed by atoms with Crippen molar-refractivity contribution in [3.05, 3.63) is 142 Å². The van der Waals surface area contributed by atoms with Crippen LogP contribution in [0.4, 0.5) is 34.5 Å². The van der Waals surface area contributed by atoms with E-state index in [0.717, 1.165) is 205 Å². The second-order valence-electron chi connectivity index (χ2n) is 27.2. The molecule has 12 heterocycles. The minimum atomic E-state index is 0.260. The summed E-state index contributed by atoms with van der Waals surface area (Å²) in [5, 5.41) is 0. The number of para-hydroxylation sites is 3. The van der Waals surface area contributed by atoms with Crippen molar-refractivity contribution in [2.24, 2.45) is 48.4 Å². The number of anilines is 6. The number of aliphatic imine (C=N–C) groups is 3. The number of nitrogens with zero attached hydrogens (tertiary/aromatic N) is 15. The Hall–Kier alpha value is -7.41. The van der Waals surface area contributed by atoms with Gasteiger partial charge in [-0.25, -0.2) is 29.9 Å². The standard InChI is InChI=1S/3C23H30N6/c3*1-16-7-10-29(19-6-4-3-5-17(16)19)22-21-18(13-26-22)27-20(14-25-21)28-11-8-23(2,15-24)9-12-28/h3*3-6,14,16H,7-13,15,24H2,1-2H3/t2*16-;/m10./s1. The van der Waals surface area contributed by atoms with Gasteiger partial charge in [-0.05, 0) is 146 Å². The van der Waals surface area contributed by atoms with Crippen molar-refractivity contribution in [2.75, 3.05) is 108 Å². The van der Waals surface area contributed by atoms with Crippen LogP contribution in [-0.4, -0.2) is 126 Å². The lowest BCUT2D eigenvalue weighted by Gasteiger charge is -2.39. The van der Waals surface area contributed by atoms with Crippen molar-refractivity contribution >= 4 is 52.0 Å². The molecule has 18 nitrogen and oxygen atoms in total. The van der Waals surface area contributed by atoms with Crippen LogP contribution in [0.1, 0.15) is 168 Å². The Morgan fingerprint density at radius 2 is 0.655 bits per heavy atom. The molecule has 3 aromatic carbocycles. The number of fused-ring (bicyclic) bond motifs is 6. The Balaban J connectivity index is 0.000000121. The number of benzene rings is 3. The highest BCUT2D eigenvalue weighted by Gasteiger charge is 2.37. The van der Waals surface area contributed by atoms with Gasteiger partial charge in [-0.2, -0.15) is 0 Å². The molecule has 15 rings (SSSR count). The quantitative estimate of drug-likeness (QED) is 0.142. The fraction of sp³-hybridized carbons (Fsp3) is 0.522.